The molecule has 1 aliphatic carbocycles. The molecule has 0 heterocycles. The maximum Gasteiger partial charge on any atom is 0.146 e. The molecule has 2 nitrogen and oxygen atoms in total. The van der Waals surface area contributed by atoms with Crippen LogP contribution in [0.25, 0.3) is 0 Å². The molecule has 0 saturated heterocycles. The van der Waals surface area contributed by atoms with Crippen LogP contribution in [-0.4, -0.2) is 19.6 Å². The summed E-state index contributed by atoms with van der Waals surface area (Å²) < 4.78 is 14.5. The molecule has 1 unspecified atom stereocenters. The van der Waals surface area contributed by atoms with Crippen LogP contribution in [0.4, 0.5) is 10.1 Å². The zero-order valence-electron chi connectivity index (χ0n) is 13.8. The molecule has 1 aliphatic rings. The normalized spacial score (nSPS) is 23.9. The second-order valence-electron chi connectivity index (χ2n) is 6.48. The summed E-state index contributed by atoms with van der Waals surface area (Å²) in [5.74, 6) is 0.716. The van der Waals surface area contributed by atoms with Crippen LogP contribution >= 0.6 is 0 Å². The fourth-order valence-corrected chi connectivity index (χ4v) is 3.48. The molecule has 1 aromatic carbocycles. The number of para-hydroxylation sites is 1. The highest BCUT2D eigenvalue weighted by Crippen LogP contribution is 2.34. The molecular formula is C18H29FN2. The van der Waals surface area contributed by atoms with Crippen molar-refractivity contribution in [3.63, 3.8) is 0 Å². The average molecular weight is 292 g/mol. The fourth-order valence-electron chi connectivity index (χ4n) is 3.48. The largest absolute Gasteiger partial charge is 0.369 e. The highest BCUT2D eigenvalue weighted by atomic mass is 19.1. The van der Waals surface area contributed by atoms with E-state index in [1.54, 1.807) is 6.07 Å². The first-order valence-corrected chi connectivity index (χ1v) is 8.29. The molecule has 0 bridgehead atoms. The number of halogens is 1. The Bertz CT molecular complexity index is 453. The molecular weight excluding hydrogens is 263 g/mol. The summed E-state index contributed by atoms with van der Waals surface area (Å²) in [5.41, 5.74) is 1.85. The molecule has 0 spiro atoms. The van der Waals surface area contributed by atoms with E-state index >= 15 is 0 Å². The number of hydrogen-bond donors (Lipinski definition) is 1. The molecule has 0 aromatic heterocycles. The third kappa shape index (κ3) is 3.76. The fraction of sp³-hybridized carbons (Fsp3) is 0.667. The third-order valence-electron chi connectivity index (χ3n) is 4.88. The Balaban J connectivity index is 2.24. The number of nitrogens with one attached hydrogen (secondary N) is 1. The first-order chi connectivity index (χ1) is 10.0. The molecule has 21 heavy (non-hydrogen) atoms. The van der Waals surface area contributed by atoms with Crippen LogP contribution in [0.2, 0.25) is 0 Å². The molecule has 1 N–H and O–H groups in total. The van der Waals surface area contributed by atoms with E-state index in [0.29, 0.717) is 6.04 Å². The van der Waals surface area contributed by atoms with Gasteiger partial charge in [0.15, 0.2) is 0 Å². The van der Waals surface area contributed by atoms with Crippen LogP contribution < -0.4 is 10.2 Å². The maximum atomic E-state index is 14.5. The van der Waals surface area contributed by atoms with Crippen LogP contribution in [-0.2, 0) is 0 Å². The van der Waals surface area contributed by atoms with Gasteiger partial charge >= 0.3 is 0 Å². The summed E-state index contributed by atoms with van der Waals surface area (Å²) in [6.07, 6.45) is 4.84. The third-order valence-corrected chi connectivity index (χ3v) is 4.88. The van der Waals surface area contributed by atoms with Crippen LogP contribution in [0.3, 0.4) is 0 Å². The number of nitrogens with zero attached hydrogens (tertiary/aromatic N) is 1. The van der Waals surface area contributed by atoms with Crippen LogP contribution in [0.15, 0.2) is 18.2 Å². The van der Waals surface area contributed by atoms with Gasteiger partial charge in [-0.15, -0.1) is 0 Å². The summed E-state index contributed by atoms with van der Waals surface area (Å²) in [4.78, 5) is 2.18. The summed E-state index contributed by atoms with van der Waals surface area (Å²) in [7, 11) is 2.06. The van der Waals surface area contributed by atoms with Crippen LogP contribution in [0.5, 0.6) is 0 Å². The van der Waals surface area contributed by atoms with Gasteiger partial charge in [0, 0.05) is 19.1 Å². The van der Waals surface area contributed by atoms with E-state index in [1.807, 2.05) is 12.1 Å². The van der Waals surface area contributed by atoms with Gasteiger partial charge in [0.1, 0.15) is 5.82 Å². The molecule has 1 fully saturated rings. The lowest BCUT2D eigenvalue weighted by Crippen LogP contribution is -2.36. The molecule has 0 amide bonds. The predicted octanol–water partition coefficient (Wildman–Crippen LogP) is 4.51. The summed E-state index contributed by atoms with van der Waals surface area (Å²) in [5, 5.41) is 3.40. The van der Waals surface area contributed by atoms with Crippen molar-refractivity contribution >= 4 is 5.69 Å². The number of benzene rings is 1. The lowest BCUT2D eigenvalue weighted by Gasteiger charge is -2.37. The Labute approximate surface area is 128 Å². The Morgan fingerprint density at radius 1 is 1.29 bits per heavy atom. The minimum atomic E-state index is -0.0987. The van der Waals surface area contributed by atoms with Crippen molar-refractivity contribution in [2.45, 2.75) is 58.5 Å². The Hall–Kier alpha value is -1.09. The number of rotatable bonds is 5. The van der Waals surface area contributed by atoms with Gasteiger partial charge in [-0.3, -0.25) is 0 Å². The minimum absolute atomic E-state index is 0.0987. The number of anilines is 1. The van der Waals surface area contributed by atoms with E-state index in [1.165, 1.54) is 25.7 Å². The Kier molecular flexibility index (Phi) is 5.63. The van der Waals surface area contributed by atoms with E-state index in [2.05, 4.69) is 38.0 Å². The van der Waals surface area contributed by atoms with E-state index in [0.717, 1.165) is 23.7 Å². The van der Waals surface area contributed by atoms with Gasteiger partial charge in [-0.25, -0.2) is 4.39 Å². The second kappa shape index (κ2) is 7.26. The van der Waals surface area contributed by atoms with E-state index in [9.17, 15) is 4.39 Å². The first-order valence-electron chi connectivity index (χ1n) is 8.29. The van der Waals surface area contributed by atoms with Gasteiger partial charge < -0.3 is 10.2 Å². The lowest BCUT2D eigenvalue weighted by molar-refractivity contribution is 0.339. The van der Waals surface area contributed by atoms with Gasteiger partial charge in [-0.2, -0.15) is 0 Å². The predicted molar refractivity (Wildman–Crippen MR) is 88.3 cm³/mol. The minimum Gasteiger partial charge on any atom is -0.369 e. The summed E-state index contributed by atoms with van der Waals surface area (Å²) >= 11 is 0. The quantitative estimate of drug-likeness (QED) is 0.859. The van der Waals surface area contributed by atoms with Gasteiger partial charge in [0.2, 0.25) is 0 Å². The molecule has 1 saturated carbocycles. The Morgan fingerprint density at radius 3 is 2.57 bits per heavy atom. The van der Waals surface area contributed by atoms with Crippen molar-refractivity contribution < 1.29 is 4.39 Å². The summed E-state index contributed by atoms with van der Waals surface area (Å²) in [6, 6.07) is 6.09. The van der Waals surface area contributed by atoms with Crippen molar-refractivity contribution in [2.75, 3.05) is 18.5 Å². The first kappa shape index (κ1) is 16.3. The molecule has 1 atom stereocenters. The van der Waals surface area contributed by atoms with E-state index < -0.39 is 0 Å². The van der Waals surface area contributed by atoms with E-state index in [4.69, 9.17) is 0 Å². The lowest BCUT2D eigenvalue weighted by atomic mass is 9.86. The Morgan fingerprint density at radius 2 is 1.95 bits per heavy atom. The second-order valence-corrected chi connectivity index (χ2v) is 6.48. The topological polar surface area (TPSA) is 15.3 Å². The van der Waals surface area contributed by atoms with E-state index in [-0.39, 0.29) is 11.9 Å². The molecule has 1 aromatic rings. The maximum absolute atomic E-state index is 14.5. The van der Waals surface area contributed by atoms with Crippen molar-refractivity contribution in [2.24, 2.45) is 5.92 Å². The summed E-state index contributed by atoms with van der Waals surface area (Å²) in [6.45, 7) is 7.40. The van der Waals surface area contributed by atoms with Crippen LogP contribution in [0, 0.1) is 11.7 Å². The van der Waals surface area contributed by atoms with Gasteiger partial charge in [-0.05, 0) is 56.7 Å². The zero-order valence-corrected chi connectivity index (χ0v) is 13.8. The zero-order chi connectivity index (χ0) is 15.4. The SMILES string of the molecule is CCNC(C)c1cccc(F)c1N(C)C1CCC(C)CC1. The molecule has 3 heteroatoms. The van der Waals surface area contributed by atoms with Crippen molar-refractivity contribution in [1.29, 1.82) is 0 Å². The van der Waals surface area contributed by atoms with Crippen molar-refractivity contribution in [3.8, 4) is 0 Å². The highest BCUT2D eigenvalue weighted by molar-refractivity contribution is 5.56. The van der Waals surface area contributed by atoms with Gasteiger partial charge in [0.05, 0.1) is 5.69 Å². The van der Waals surface area contributed by atoms with Crippen molar-refractivity contribution in [1.82, 2.24) is 5.32 Å². The molecule has 0 aliphatic heterocycles. The van der Waals surface area contributed by atoms with Gasteiger partial charge in [0.25, 0.3) is 0 Å². The monoisotopic (exact) mass is 292 g/mol. The van der Waals surface area contributed by atoms with Gasteiger partial charge in [-0.1, -0.05) is 26.0 Å². The highest BCUT2D eigenvalue weighted by Gasteiger charge is 2.26. The van der Waals surface area contributed by atoms with Crippen LogP contribution in [0.1, 0.15) is 58.1 Å². The molecule has 118 valence electrons. The average Bonchev–Trinajstić information content (AvgIpc) is 2.47. The molecule has 0 radical (unpaired) electrons. The molecule has 2 rings (SSSR count). The number of hydrogen-bond acceptors (Lipinski definition) is 2. The van der Waals surface area contributed by atoms with Crippen molar-refractivity contribution in [3.05, 3.63) is 29.6 Å². The smallest absolute Gasteiger partial charge is 0.146 e. The standard InChI is InChI=1S/C18H29FN2/c1-5-20-14(3)16-7-6-8-17(19)18(16)21(4)15-11-9-13(2)10-12-15/h6-8,13-15,20H,5,9-12H2,1-4H3.